The molecule has 0 unspecified atom stereocenters. The molecular weight excluding hydrogens is 206 g/mol. The van der Waals surface area contributed by atoms with Crippen LogP contribution in [0.5, 0.6) is 5.75 Å². The lowest BCUT2D eigenvalue weighted by molar-refractivity contribution is 0.464. The van der Waals surface area contributed by atoms with Gasteiger partial charge in [-0.15, -0.1) is 0 Å². The summed E-state index contributed by atoms with van der Waals surface area (Å²) in [4.78, 5) is 0. The Hall–Kier alpha value is -0.670. The molecule has 0 spiro atoms. The van der Waals surface area contributed by atoms with Crippen LogP contribution in [0.25, 0.3) is 0 Å². The first kappa shape index (κ1) is 10.8. The van der Waals surface area contributed by atoms with Crippen molar-refractivity contribution in [3.63, 3.8) is 0 Å². The molecule has 0 aromatic heterocycles. The second-order valence-corrected chi connectivity index (χ2v) is 5.19. The molecule has 2 nitrogen and oxygen atoms in total. The number of phenols is 1. The molecule has 1 aromatic rings. The van der Waals surface area contributed by atoms with Crippen LogP contribution in [-0.4, -0.2) is 22.7 Å². The van der Waals surface area contributed by atoms with E-state index in [0.717, 1.165) is 5.56 Å². The van der Waals surface area contributed by atoms with E-state index in [1.165, 1.54) is 17.9 Å². The van der Waals surface area contributed by atoms with Crippen molar-refractivity contribution in [3.05, 3.63) is 29.8 Å². The molecule has 0 amide bonds. The van der Waals surface area contributed by atoms with E-state index in [2.05, 4.69) is 18.3 Å². The van der Waals surface area contributed by atoms with Crippen molar-refractivity contribution in [2.75, 3.05) is 11.5 Å². The van der Waals surface area contributed by atoms with E-state index in [4.69, 9.17) is 0 Å². The maximum absolute atomic E-state index is 9.39. The Morgan fingerprint density at radius 3 is 3.07 bits per heavy atom. The lowest BCUT2D eigenvalue weighted by Crippen LogP contribution is -2.31. The molecule has 0 aliphatic carbocycles. The van der Waals surface area contributed by atoms with E-state index in [1.807, 2.05) is 23.9 Å². The molecule has 1 aliphatic rings. The number of phenolic OH excluding ortho intramolecular Hbond substituents is 1. The van der Waals surface area contributed by atoms with Gasteiger partial charge in [0.1, 0.15) is 5.75 Å². The van der Waals surface area contributed by atoms with Gasteiger partial charge in [-0.3, -0.25) is 0 Å². The highest BCUT2D eigenvalue weighted by Crippen LogP contribution is 2.22. The van der Waals surface area contributed by atoms with E-state index >= 15 is 0 Å². The average Bonchev–Trinajstić information content (AvgIpc) is 2.70. The monoisotopic (exact) mass is 223 g/mol. The Labute approximate surface area is 95.1 Å². The molecule has 1 aromatic carbocycles. The third kappa shape index (κ3) is 2.89. The topological polar surface area (TPSA) is 32.3 Å². The summed E-state index contributed by atoms with van der Waals surface area (Å²) in [7, 11) is 0. The number of hydrogen-bond acceptors (Lipinski definition) is 3. The van der Waals surface area contributed by atoms with Crippen molar-refractivity contribution < 1.29 is 5.11 Å². The first-order valence-electron chi connectivity index (χ1n) is 5.38. The normalized spacial score (nSPS) is 22.9. The maximum atomic E-state index is 9.39. The van der Waals surface area contributed by atoms with E-state index in [9.17, 15) is 5.11 Å². The van der Waals surface area contributed by atoms with Crippen LogP contribution < -0.4 is 5.32 Å². The van der Waals surface area contributed by atoms with Crippen LogP contribution in [0.4, 0.5) is 0 Å². The van der Waals surface area contributed by atoms with Gasteiger partial charge in [0.25, 0.3) is 0 Å². The van der Waals surface area contributed by atoms with Crippen molar-refractivity contribution in [1.82, 2.24) is 5.32 Å². The van der Waals surface area contributed by atoms with E-state index in [1.54, 1.807) is 6.07 Å². The van der Waals surface area contributed by atoms with Gasteiger partial charge in [-0.25, -0.2) is 0 Å². The Morgan fingerprint density at radius 1 is 1.53 bits per heavy atom. The third-order valence-corrected chi connectivity index (χ3v) is 3.95. The largest absolute Gasteiger partial charge is 0.508 e. The van der Waals surface area contributed by atoms with E-state index in [-0.39, 0.29) is 0 Å². The lowest BCUT2D eigenvalue weighted by atomic mass is 10.1. The Balaban J connectivity index is 1.97. The molecular formula is C12H17NOS. The summed E-state index contributed by atoms with van der Waals surface area (Å²) in [5.41, 5.74) is 1.16. The standard InChI is InChI=1S/C12H17NOS/c1-9(13-11-5-6-15-8-11)10-3-2-4-12(14)7-10/h2-4,7,9,11,13-14H,5-6,8H2,1H3/t9-,11+/m1/s1. The fourth-order valence-corrected chi connectivity index (χ4v) is 3.08. The van der Waals surface area contributed by atoms with Gasteiger partial charge < -0.3 is 10.4 Å². The predicted octanol–water partition coefficient (Wildman–Crippen LogP) is 2.55. The highest BCUT2D eigenvalue weighted by molar-refractivity contribution is 7.99. The summed E-state index contributed by atoms with van der Waals surface area (Å²) < 4.78 is 0. The molecule has 2 rings (SSSR count). The zero-order valence-electron chi connectivity index (χ0n) is 8.94. The second kappa shape index (κ2) is 4.90. The van der Waals surface area contributed by atoms with Gasteiger partial charge in [0, 0.05) is 17.8 Å². The zero-order valence-corrected chi connectivity index (χ0v) is 9.76. The van der Waals surface area contributed by atoms with E-state index < -0.39 is 0 Å². The maximum Gasteiger partial charge on any atom is 0.115 e. The molecule has 0 bridgehead atoms. The van der Waals surface area contributed by atoms with Crippen LogP contribution in [-0.2, 0) is 0 Å². The number of thioether (sulfide) groups is 1. The molecule has 0 radical (unpaired) electrons. The minimum atomic E-state index is 0.320. The Kier molecular flexibility index (Phi) is 3.54. The molecule has 1 heterocycles. The SMILES string of the molecule is C[C@@H](N[C@H]1CCSC1)c1cccc(O)c1. The van der Waals surface area contributed by atoms with Crippen LogP contribution in [0.2, 0.25) is 0 Å². The smallest absolute Gasteiger partial charge is 0.115 e. The highest BCUT2D eigenvalue weighted by Gasteiger charge is 2.17. The first-order chi connectivity index (χ1) is 7.25. The minimum Gasteiger partial charge on any atom is -0.508 e. The number of rotatable bonds is 3. The van der Waals surface area contributed by atoms with Crippen LogP contribution in [0, 0.1) is 0 Å². The highest BCUT2D eigenvalue weighted by atomic mass is 32.2. The van der Waals surface area contributed by atoms with Gasteiger partial charge in [0.15, 0.2) is 0 Å². The Morgan fingerprint density at radius 2 is 2.40 bits per heavy atom. The number of hydrogen-bond donors (Lipinski definition) is 2. The number of nitrogens with one attached hydrogen (secondary N) is 1. The summed E-state index contributed by atoms with van der Waals surface area (Å²) in [6.07, 6.45) is 1.26. The Bertz CT molecular complexity index is 323. The molecule has 2 N–H and O–H groups in total. The van der Waals surface area contributed by atoms with Gasteiger partial charge in [0.2, 0.25) is 0 Å². The first-order valence-corrected chi connectivity index (χ1v) is 6.54. The quantitative estimate of drug-likeness (QED) is 0.826. The average molecular weight is 223 g/mol. The van der Waals surface area contributed by atoms with Gasteiger partial charge in [-0.1, -0.05) is 12.1 Å². The van der Waals surface area contributed by atoms with Crippen molar-refractivity contribution in [1.29, 1.82) is 0 Å². The lowest BCUT2D eigenvalue weighted by Gasteiger charge is -2.19. The molecule has 1 aliphatic heterocycles. The molecule has 2 atom stereocenters. The van der Waals surface area contributed by atoms with Crippen LogP contribution >= 0.6 is 11.8 Å². The van der Waals surface area contributed by atoms with Crippen molar-refractivity contribution in [2.45, 2.75) is 25.4 Å². The van der Waals surface area contributed by atoms with Crippen molar-refractivity contribution >= 4 is 11.8 Å². The molecule has 1 saturated heterocycles. The summed E-state index contributed by atoms with van der Waals surface area (Å²) in [5.74, 6) is 2.83. The summed E-state index contributed by atoms with van der Waals surface area (Å²) in [6.45, 7) is 2.15. The zero-order chi connectivity index (χ0) is 10.7. The number of aromatic hydroxyl groups is 1. The molecule has 3 heteroatoms. The van der Waals surface area contributed by atoms with Crippen LogP contribution in [0.3, 0.4) is 0 Å². The van der Waals surface area contributed by atoms with Gasteiger partial charge in [0.05, 0.1) is 0 Å². The fraction of sp³-hybridized carbons (Fsp3) is 0.500. The van der Waals surface area contributed by atoms with Crippen molar-refractivity contribution in [3.8, 4) is 5.75 Å². The van der Waals surface area contributed by atoms with Crippen molar-refractivity contribution in [2.24, 2.45) is 0 Å². The number of benzene rings is 1. The van der Waals surface area contributed by atoms with E-state index in [0.29, 0.717) is 17.8 Å². The van der Waals surface area contributed by atoms with Gasteiger partial charge in [-0.2, -0.15) is 11.8 Å². The summed E-state index contributed by atoms with van der Waals surface area (Å²) >= 11 is 2.01. The van der Waals surface area contributed by atoms with Gasteiger partial charge in [-0.05, 0) is 36.8 Å². The molecule has 15 heavy (non-hydrogen) atoms. The van der Waals surface area contributed by atoms with Gasteiger partial charge >= 0.3 is 0 Å². The fourth-order valence-electron chi connectivity index (χ4n) is 1.91. The molecule has 1 fully saturated rings. The second-order valence-electron chi connectivity index (χ2n) is 4.04. The summed E-state index contributed by atoms with van der Waals surface area (Å²) in [5, 5.41) is 13.0. The summed E-state index contributed by atoms with van der Waals surface area (Å²) in [6, 6.07) is 8.45. The minimum absolute atomic E-state index is 0.320. The van der Waals surface area contributed by atoms with Crippen LogP contribution in [0.1, 0.15) is 24.9 Å². The molecule has 82 valence electrons. The molecule has 0 saturated carbocycles. The predicted molar refractivity (Wildman–Crippen MR) is 65.4 cm³/mol. The van der Waals surface area contributed by atoms with Crippen LogP contribution in [0.15, 0.2) is 24.3 Å². The third-order valence-electron chi connectivity index (χ3n) is 2.79.